The second kappa shape index (κ2) is 4.74. The van der Waals surface area contributed by atoms with Gasteiger partial charge in [0.1, 0.15) is 11.6 Å². The number of halogens is 1. The number of nitrogen functional groups attached to an aromatic ring is 1. The van der Waals surface area contributed by atoms with Crippen LogP contribution in [0.1, 0.15) is 0 Å². The van der Waals surface area contributed by atoms with Crippen LogP contribution in [0.3, 0.4) is 0 Å². The molecule has 0 saturated heterocycles. The molecule has 0 unspecified atom stereocenters. The van der Waals surface area contributed by atoms with Gasteiger partial charge in [0.25, 0.3) is 0 Å². The minimum Gasteiger partial charge on any atom is -0.495 e. The lowest BCUT2D eigenvalue weighted by molar-refractivity contribution is 0.417. The van der Waals surface area contributed by atoms with Gasteiger partial charge < -0.3 is 15.8 Å². The van der Waals surface area contributed by atoms with Crippen LogP contribution in [0.5, 0.6) is 5.75 Å². The van der Waals surface area contributed by atoms with Crippen molar-refractivity contribution in [3.05, 3.63) is 48.3 Å². The van der Waals surface area contributed by atoms with Gasteiger partial charge in [0.05, 0.1) is 18.5 Å². The fraction of sp³-hybridized carbons (Fsp3) is 0.0769. The number of nitrogens with two attached hydrogens (primary N) is 1. The monoisotopic (exact) mass is 232 g/mol. The largest absolute Gasteiger partial charge is 0.495 e. The average molecular weight is 232 g/mol. The van der Waals surface area contributed by atoms with Crippen molar-refractivity contribution in [3.8, 4) is 5.75 Å². The normalized spacial score (nSPS) is 10.0. The first kappa shape index (κ1) is 11.3. The van der Waals surface area contributed by atoms with Crippen molar-refractivity contribution in [2.24, 2.45) is 0 Å². The van der Waals surface area contributed by atoms with E-state index in [1.165, 1.54) is 12.1 Å². The second-order valence-corrected chi connectivity index (χ2v) is 3.56. The highest BCUT2D eigenvalue weighted by Gasteiger charge is 2.04. The van der Waals surface area contributed by atoms with Crippen molar-refractivity contribution in [3.63, 3.8) is 0 Å². The molecule has 2 rings (SSSR count). The molecule has 0 aliphatic rings. The second-order valence-electron chi connectivity index (χ2n) is 3.56. The molecular formula is C13H13FN2O. The van der Waals surface area contributed by atoms with E-state index in [1.54, 1.807) is 13.2 Å². The summed E-state index contributed by atoms with van der Waals surface area (Å²) in [5, 5.41) is 3.07. The molecule has 0 radical (unpaired) electrons. The number of benzene rings is 2. The van der Waals surface area contributed by atoms with Crippen LogP contribution in [0.2, 0.25) is 0 Å². The summed E-state index contributed by atoms with van der Waals surface area (Å²) < 4.78 is 18.5. The van der Waals surface area contributed by atoms with Crippen LogP contribution in [0.4, 0.5) is 21.5 Å². The summed E-state index contributed by atoms with van der Waals surface area (Å²) in [5.41, 5.74) is 6.95. The molecule has 0 fully saturated rings. The maximum absolute atomic E-state index is 13.3. The molecule has 0 heterocycles. The molecule has 17 heavy (non-hydrogen) atoms. The van der Waals surface area contributed by atoms with Gasteiger partial charge in [-0.05, 0) is 30.3 Å². The number of hydrogen-bond acceptors (Lipinski definition) is 3. The van der Waals surface area contributed by atoms with E-state index in [1.807, 2.05) is 24.3 Å². The first-order valence-corrected chi connectivity index (χ1v) is 5.16. The molecule has 0 atom stereocenters. The van der Waals surface area contributed by atoms with Crippen molar-refractivity contribution in [1.82, 2.24) is 0 Å². The maximum atomic E-state index is 13.3. The quantitative estimate of drug-likeness (QED) is 0.799. The van der Waals surface area contributed by atoms with Crippen molar-refractivity contribution in [2.75, 3.05) is 18.2 Å². The molecule has 0 saturated carbocycles. The lowest BCUT2D eigenvalue weighted by Gasteiger charge is -2.11. The summed E-state index contributed by atoms with van der Waals surface area (Å²) in [6.45, 7) is 0. The van der Waals surface area contributed by atoms with Gasteiger partial charge in [-0.1, -0.05) is 12.1 Å². The Hall–Kier alpha value is -2.23. The van der Waals surface area contributed by atoms with Gasteiger partial charge in [0.15, 0.2) is 0 Å². The molecule has 0 amide bonds. The highest BCUT2D eigenvalue weighted by atomic mass is 19.1. The van der Waals surface area contributed by atoms with E-state index in [0.29, 0.717) is 11.4 Å². The molecular weight excluding hydrogens is 219 g/mol. The Balaban J connectivity index is 2.28. The Labute approximate surface area is 99.0 Å². The van der Waals surface area contributed by atoms with Crippen LogP contribution >= 0.6 is 0 Å². The Morgan fingerprint density at radius 2 is 1.94 bits per heavy atom. The van der Waals surface area contributed by atoms with Gasteiger partial charge >= 0.3 is 0 Å². The molecule has 0 aromatic heterocycles. The van der Waals surface area contributed by atoms with Gasteiger partial charge in [-0.15, -0.1) is 0 Å². The van der Waals surface area contributed by atoms with Crippen molar-refractivity contribution < 1.29 is 9.13 Å². The number of methoxy groups -OCH3 is 1. The molecule has 3 N–H and O–H groups in total. The van der Waals surface area contributed by atoms with Crippen LogP contribution < -0.4 is 15.8 Å². The number of anilines is 3. The first-order chi connectivity index (χ1) is 8.20. The summed E-state index contributed by atoms with van der Waals surface area (Å²) in [5.74, 6) is 0.259. The van der Waals surface area contributed by atoms with E-state index in [9.17, 15) is 4.39 Å². The van der Waals surface area contributed by atoms with Gasteiger partial charge in [0.2, 0.25) is 0 Å². The number of para-hydroxylation sites is 2. The molecule has 0 aliphatic carbocycles. The van der Waals surface area contributed by atoms with E-state index >= 15 is 0 Å². The number of ether oxygens (including phenoxy) is 1. The third kappa shape index (κ3) is 2.47. The Morgan fingerprint density at radius 1 is 1.18 bits per heavy atom. The Kier molecular flexibility index (Phi) is 3.14. The minimum atomic E-state index is -0.440. The lowest BCUT2D eigenvalue weighted by atomic mass is 10.2. The summed E-state index contributed by atoms with van der Waals surface area (Å²) in [4.78, 5) is 0. The zero-order valence-electron chi connectivity index (χ0n) is 9.41. The highest BCUT2D eigenvalue weighted by molar-refractivity contribution is 5.67. The summed E-state index contributed by atoms with van der Waals surface area (Å²) in [7, 11) is 1.59. The zero-order chi connectivity index (χ0) is 12.3. The van der Waals surface area contributed by atoms with Crippen LogP contribution in [-0.4, -0.2) is 7.11 Å². The number of nitrogens with one attached hydrogen (secondary N) is 1. The molecule has 3 nitrogen and oxygen atoms in total. The van der Waals surface area contributed by atoms with Gasteiger partial charge in [-0.3, -0.25) is 0 Å². The predicted molar refractivity (Wildman–Crippen MR) is 67.1 cm³/mol. The minimum absolute atomic E-state index is 0.135. The van der Waals surface area contributed by atoms with E-state index in [4.69, 9.17) is 10.5 Å². The fourth-order valence-corrected chi connectivity index (χ4v) is 1.51. The highest BCUT2D eigenvalue weighted by Crippen LogP contribution is 2.27. The molecule has 2 aromatic rings. The fourth-order valence-electron chi connectivity index (χ4n) is 1.51. The van der Waals surface area contributed by atoms with Crippen LogP contribution in [0.15, 0.2) is 42.5 Å². The summed E-state index contributed by atoms with van der Waals surface area (Å²) >= 11 is 0. The van der Waals surface area contributed by atoms with Crippen LogP contribution in [-0.2, 0) is 0 Å². The maximum Gasteiger partial charge on any atom is 0.148 e. The van der Waals surface area contributed by atoms with Gasteiger partial charge in [-0.2, -0.15) is 0 Å². The summed E-state index contributed by atoms with van der Waals surface area (Å²) in [6, 6.07) is 12.0. The standard InChI is InChI=1S/C13H13FN2O/c1-17-13-5-3-2-4-12(13)16-9-6-7-11(15)10(14)8-9/h2-8,16H,15H2,1H3. The lowest BCUT2D eigenvalue weighted by Crippen LogP contribution is -1.96. The van der Waals surface area contributed by atoms with Gasteiger partial charge in [-0.25, -0.2) is 4.39 Å². The SMILES string of the molecule is COc1ccccc1Nc1ccc(N)c(F)c1. The molecule has 4 heteroatoms. The van der Waals surface area contributed by atoms with E-state index in [2.05, 4.69) is 5.32 Å². The third-order valence-corrected chi connectivity index (χ3v) is 2.39. The first-order valence-electron chi connectivity index (χ1n) is 5.16. The topological polar surface area (TPSA) is 47.3 Å². The van der Waals surface area contributed by atoms with Crippen LogP contribution in [0.25, 0.3) is 0 Å². The predicted octanol–water partition coefficient (Wildman–Crippen LogP) is 3.16. The molecule has 0 bridgehead atoms. The number of rotatable bonds is 3. The van der Waals surface area contributed by atoms with Crippen molar-refractivity contribution in [2.45, 2.75) is 0 Å². The third-order valence-electron chi connectivity index (χ3n) is 2.39. The van der Waals surface area contributed by atoms with Gasteiger partial charge in [0, 0.05) is 5.69 Å². The van der Waals surface area contributed by atoms with Crippen molar-refractivity contribution in [1.29, 1.82) is 0 Å². The smallest absolute Gasteiger partial charge is 0.148 e. The Bertz CT molecular complexity index is 529. The molecule has 88 valence electrons. The summed E-state index contributed by atoms with van der Waals surface area (Å²) in [6.07, 6.45) is 0. The molecule has 2 aromatic carbocycles. The zero-order valence-corrected chi connectivity index (χ0v) is 9.41. The molecule has 0 aliphatic heterocycles. The number of hydrogen-bond donors (Lipinski definition) is 2. The molecule has 0 spiro atoms. The van der Waals surface area contributed by atoms with E-state index in [0.717, 1.165) is 5.69 Å². The Morgan fingerprint density at radius 3 is 2.65 bits per heavy atom. The van der Waals surface area contributed by atoms with E-state index < -0.39 is 5.82 Å². The average Bonchev–Trinajstić information content (AvgIpc) is 2.34. The van der Waals surface area contributed by atoms with E-state index in [-0.39, 0.29) is 5.69 Å². The van der Waals surface area contributed by atoms with Crippen molar-refractivity contribution >= 4 is 17.1 Å². The van der Waals surface area contributed by atoms with Crippen LogP contribution in [0, 0.1) is 5.82 Å².